The predicted octanol–water partition coefficient (Wildman–Crippen LogP) is 0.542. The molecule has 7 heteroatoms. The minimum Gasteiger partial charge on any atom is -0.478 e. The predicted molar refractivity (Wildman–Crippen MR) is 65.3 cm³/mol. The van der Waals surface area contributed by atoms with Crippen LogP contribution in [0.1, 0.15) is 10.4 Å². The number of carbonyl (C=O) groups is 2. The number of carboxylic acid groups (broad SMARTS) is 1. The molecule has 0 aliphatic heterocycles. The van der Waals surface area contributed by atoms with Crippen LogP contribution >= 0.6 is 11.6 Å². The van der Waals surface area contributed by atoms with Crippen LogP contribution in [0.5, 0.6) is 0 Å². The number of anilines is 2. The first-order valence-electron chi connectivity index (χ1n) is 4.64. The molecule has 0 atom stereocenters. The van der Waals surface area contributed by atoms with Crippen LogP contribution in [0.4, 0.5) is 11.4 Å². The molecule has 6 nitrogen and oxygen atoms in total. The maximum atomic E-state index is 11.1. The van der Waals surface area contributed by atoms with E-state index in [9.17, 15) is 9.59 Å². The molecule has 0 heterocycles. The van der Waals surface area contributed by atoms with Crippen LogP contribution in [-0.2, 0) is 4.79 Å². The van der Waals surface area contributed by atoms with E-state index >= 15 is 0 Å². The molecular formula is C10H12ClN3O3. The number of nitrogens with two attached hydrogens (primary N) is 2. The first kappa shape index (κ1) is 13.1. The van der Waals surface area contributed by atoms with E-state index in [2.05, 4.69) is 0 Å². The van der Waals surface area contributed by atoms with Crippen molar-refractivity contribution >= 4 is 34.9 Å². The second kappa shape index (κ2) is 4.92. The number of amides is 1. The summed E-state index contributed by atoms with van der Waals surface area (Å²) in [5, 5.41) is 9.20. The first-order chi connectivity index (χ1) is 7.82. The lowest BCUT2D eigenvalue weighted by molar-refractivity contribution is -0.116. The summed E-state index contributed by atoms with van der Waals surface area (Å²) < 4.78 is 0. The SMILES string of the molecule is CN(CC(N)=O)c1c(Cl)cc(N)cc1C(=O)O. The number of carbonyl (C=O) groups excluding carboxylic acids is 1. The summed E-state index contributed by atoms with van der Waals surface area (Å²) in [4.78, 5) is 23.2. The number of halogens is 1. The molecule has 1 aromatic carbocycles. The standard InChI is InChI=1S/C10H12ClN3O3/c1-14(4-8(13)15)9-6(10(16)17)2-5(12)3-7(9)11/h2-3H,4,12H2,1H3,(H2,13,15)(H,16,17). The Bertz CT molecular complexity index is 476. The third-order valence-corrected chi connectivity index (χ3v) is 2.38. The van der Waals surface area contributed by atoms with Gasteiger partial charge in [0.05, 0.1) is 22.8 Å². The Kier molecular flexibility index (Phi) is 3.80. The Labute approximate surface area is 103 Å². The summed E-state index contributed by atoms with van der Waals surface area (Å²) >= 11 is 5.92. The summed E-state index contributed by atoms with van der Waals surface area (Å²) in [5.41, 5.74) is 10.9. The Hall–Kier alpha value is -1.95. The third kappa shape index (κ3) is 3.01. The molecule has 17 heavy (non-hydrogen) atoms. The molecule has 1 rings (SSSR count). The molecular weight excluding hydrogens is 246 g/mol. The minimum absolute atomic E-state index is 0.0706. The van der Waals surface area contributed by atoms with Gasteiger partial charge in [0.1, 0.15) is 0 Å². The van der Waals surface area contributed by atoms with E-state index < -0.39 is 11.9 Å². The number of aromatic carboxylic acids is 1. The van der Waals surface area contributed by atoms with Gasteiger partial charge in [-0.3, -0.25) is 4.79 Å². The van der Waals surface area contributed by atoms with Crippen molar-refractivity contribution in [1.29, 1.82) is 0 Å². The summed E-state index contributed by atoms with van der Waals surface area (Å²) in [6.07, 6.45) is 0. The van der Waals surface area contributed by atoms with E-state index in [0.29, 0.717) is 0 Å². The summed E-state index contributed by atoms with van der Waals surface area (Å²) in [5.74, 6) is -1.76. The average Bonchev–Trinajstić information content (AvgIpc) is 2.14. The van der Waals surface area contributed by atoms with Crippen LogP contribution in [0.15, 0.2) is 12.1 Å². The highest BCUT2D eigenvalue weighted by Gasteiger charge is 2.19. The molecule has 0 aromatic heterocycles. The van der Waals surface area contributed by atoms with E-state index in [0.717, 1.165) is 0 Å². The fourth-order valence-corrected chi connectivity index (χ4v) is 1.86. The van der Waals surface area contributed by atoms with Crippen molar-refractivity contribution in [3.8, 4) is 0 Å². The molecule has 92 valence electrons. The second-order valence-corrected chi connectivity index (χ2v) is 3.93. The van der Waals surface area contributed by atoms with Crippen molar-refractivity contribution in [3.63, 3.8) is 0 Å². The maximum absolute atomic E-state index is 11.1. The zero-order valence-corrected chi connectivity index (χ0v) is 9.86. The lowest BCUT2D eigenvalue weighted by Crippen LogP contribution is -2.31. The van der Waals surface area contributed by atoms with E-state index in [-0.39, 0.29) is 28.5 Å². The summed E-state index contributed by atoms with van der Waals surface area (Å²) in [6.45, 7) is -0.135. The number of likely N-dealkylation sites (N-methyl/N-ethyl adjacent to an activating group) is 1. The third-order valence-electron chi connectivity index (χ3n) is 2.09. The number of hydrogen-bond donors (Lipinski definition) is 3. The number of carboxylic acids is 1. The molecule has 0 aliphatic carbocycles. The van der Waals surface area contributed by atoms with Crippen LogP contribution in [0.25, 0.3) is 0 Å². The van der Waals surface area contributed by atoms with Crippen LogP contribution in [0.2, 0.25) is 5.02 Å². The van der Waals surface area contributed by atoms with Gasteiger partial charge in [-0.05, 0) is 12.1 Å². The van der Waals surface area contributed by atoms with Crippen LogP contribution < -0.4 is 16.4 Å². The molecule has 0 bridgehead atoms. The highest BCUT2D eigenvalue weighted by molar-refractivity contribution is 6.34. The first-order valence-corrected chi connectivity index (χ1v) is 5.02. The van der Waals surface area contributed by atoms with Gasteiger partial charge in [0, 0.05) is 12.7 Å². The number of nitrogen functional groups attached to an aromatic ring is 1. The smallest absolute Gasteiger partial charge is 0.337 e. The molecule has 1 aromatic rings. The highest BCUT2D eigenvalue weighted by Crippen LogP contribution is 2.31. The van der Waals surface area contributed by atoms with Gasteiger partial charge < -0.3 is 21.5 Å². The van der Waals surface area contributed by atoms with Crippen LogP contribution in [-0.4, -0.2) is 30.6 Å². The van der Waals surface area contributed by atoms with Crippen molar-refractivity contribution in [1.82, 2.24) is 0 Å². The largest absolute Gasteiger partial charge is 0.478 e. The van der Waals surface area contributed by atoms with Crippen molar-refractivity contribution in [3.05, 3.63) is 22.7 Å². The summed E-state index contributed by atoms with van der Waals surface area (Å²) in [6, 6.07) is 2.70. The topological polar surface area (TPSA) is 110 Å². The highest BCUT2D eigenvalue weighted by atomic mass is 35.5. The second-order valence-electron chi connectivity index (χ2n) is 3.53. The fraction of sp³-hybridized carbons (Fsp3) is 0.200. The number of primary amides is 1. The van der Waals surface area contributed by atoms with E-state index in [1.165, 1.54) is 24.1 Å². The van der Waals surface area contributed by atoms with Gasteiger partial charge in [0.15, 0.2) is 0 Å². The number of rotatable bonds is 4. The lowest BCUT2D eigenvalue weighted by atomic mass is 10.1. The molecule has 0 radical (unpaired) electrons. The normalized spacial score (nSPS) is 10.0. The Morgan fingerprint density at radius 2 is 2.06 bits per heavy atom. The molecule has 0 spiro atoms. The lowest BCUT2D eigenvalue weighted by Gasteiger charge is -2.21. The van der Waals surface area contributed by atoms with Crippen LogP contribution in [0, 0.1) is 0 Å². The quantitative estimate of drug-likeness (QED) is 0.682. The van der Waals surface area contributed by atoms with Crippen molar-refractivity contribution < 1.29 is 14.7 Å². The van der Waals surface area contributed by atoms with Crippen molar-refractivity contribution in [2.24, 2.45) is 5.73 Å². The molecule has 0 unspecified atom stereocenters. The molecule has 0 saturated heterocycles. The van der Waals surface area contributed by atoms with E-state index in [1.807, 2.05) is 0 Å². The maximum Gasteiger partial charge on any atom is 0.337 e. The Morgan fingerprint density at radius 1 is 1.47 bits per heavy atom. The van der Waals surface area contributed by atoms with Gasteiger partial charge in [-0.1, -0.05) is 11.6 Å². The summed E-state index contributed by atoms with van der Waals surface area (Å²) in [7, 11) is 1.52. The average molecular weight is 258 g/mol. The van der Waals surface area contributed by atoms with E-state index in [1.54, 1.807) is 0 Å². The zero-order chi connectivity index (χ0) is 13.2. The van der Waals surface area contributed by atoms with Crippen molar-refractivity contribution in [2.45, 2.75) is 0 Å². The molecule has 0 aliphatic rings. The molecule has 5 N–H and O–H groups in total. The molecule has 1 amide bonds. The minimum atomic E-state index is -1.18. The molecule has 0 saturated carbocycles. The van der Waals surface area contributed by atoms with Gasteiger partial charge in [-0.15, -0.1) is 0 Å². The van der Waals surface area contributed by atoms with Crippen molar-refractivity contribution in [2.75, 3.05) is 24.2 Å². The number of nitrogens with zero attached hydrogens (tertiary/aromatic N) is 1. The van der Waals surface area contributed by atoms with Gasteiger partial charge >= 0.3 is 5.97 Å². The Balaban J connectivity index is 3.30. The number of benzene rings is 1. The van der Waals surface area contributed by atoms with Gasteiger partial charge in [0.2, 0.25) is 5.91 Å². The van der Waals surface area contributed by atoms with Gasteiger partial charge in [-0.2, -0.15) is 0 Å². The Morgan fingerprint density at radius 3 is 2.53 bits per heavy atom. The fourth-order valence-electron chi connectivity index (χ4n) is 1.48. The van der Waals surface area contributed by atoms with Gasteiger partial charge in [-0.25, -0.2) is 4.79 Å². The molecule has 0 fully saturated rings. The van der Waals surface area contributed by atoms with E-state index in [4.69, 9.17) is 28.2 Å². The monoisotopic (exact) mass is 257 g/mol. The van der Waals surface area contributed by atoms with Crippen LogP contribution in [0.3, 0.4) is 0 Å². The zero-order valence-electron chi connectivity index (χ0n) is 9.11. The van der Waals surface area contributed by atoms with Gasteiger partial charge in [0.25, 0.3) is 0 Å². The number of hydrogen-bond acceptors (Lipinski definition) is 4.